The number of nitrogens with zero attached hydrogens (tertiary/aromatic N) is 2. The lowest BCUT2D eigenvalue weighted by atomic mass is 9.80. The smallest absolute Gasteiger partial charge is 0.277 e. The van der Waals surface area contributed by atoms with E-state index >= 15 is 0 Å². The molecule has 5 nitrogen and oxygen atoms in total. The fraction of sp³-hybridized carbons (Fsp3) is 0.286. The highest BCUT2D eigenvalue weighted by atomic mass is 19.1. The van der Waals surface area contributed by atoms with E-state index in [9.17, 15) is 9.18 Å². The number of fused-ring (bicyclic) bond motifs is 1. The molecule has 1 heterocycles. The van der Waals surface area contributed by atoms with Crippen LogP contribution in [0.2, 0.25) is 0 Å². The second-order valence-electron chi connectivity index (χ2n) is 9.38. The van der Waals surface area contributed by atoms with Gasteiger partial charge in [-0.1, -0.05) is 49.4 Å². The summed E-state index contributed by atoms with van der Waals surface area (Å²) in [6.45, 7) is 6.29. The maximum Gasteiger partial charge on any atom is 0.277 e. The van der Waals surface area contributed by atoms with Crippen molar-refractivity contribution in [3.63, 3.8) is 0 Å². The maximum atomic E-state index is 14.7. The Morgan fingerprint density at radius 2 is 1.82 bits per heavy atom. The van der Waals surface area contributed by atoms with Gasteiger partial charge in [0.2, 0.25) is 0 Å². The quantitative estimate of drug-likeness (QED) is 0.378. The van der Waals surface area contributed by atoms with E-state index in [1.54, 1.807) is 6.07 Å². The third kappa shape index (κ3) is 5.11. The number of rotatable bonds is 6. The van der Waals surface area contributed by atoms with Crippen molar-refractivity contribution in [2.75, 3.05) is 18.6 Å². The molecule has 1 N–H and O–H groups in total. The van der Waals surface area contributed by atoms with Gasteiger partial charge in [-0.2, -0.15) is 5.10 Å². The Bertz CT molecular complexity index is 1190. The van der Waals surface area contributed by atoms with Crippen LogP contribution in [0.3, 0.4) is 0 Å². The molecule has 0 fully saturated rings. The zero-order valence-electron chi connectivity index (χ0n) is 20.0. The Hall–Kier alpha value is -3.67. The Morgan fingerprint density at radius 1 is 1.15 bits per heavy atom. The second kappa shape index (κ2) is 9.67. The summed E-state index contributed by atoms with van der Waals surface area (Å²) in [4.78, 5) is 14.3. The van der Waals surface area contributed by atoms with E-state index in [4.69, 9.17) is 4.74 Å². The van der Waals surface area contributed by atoms with Crippen LogP contribution in [0.1, 0.15) is 44.2 Å². The summed E-state index contributed by atoms with van der Waals surface area (Å²) < 4.78 is 20.3. The van der Waals surface area contributed by atoms with Gasteiger partial charge < -0.3 is 9.64 Å². The van der Waals surface area contributed by atoms with Gasteiger partial charge in [-0.25, -0.2) is 9.82 Å². The normalized spacial score (nSPS) is 16.9. The molecule has 34 heavy (non-hydrogen) atoms. The molecule has 1 amide bonds. The number of hydrogen-bond acceptors (Lipinski definition) is 4. The Labute approximate surface area is 200 Å². The van der Waals surface area contributed by atoms with E-state index in [0.717, 1.165) is 28.8 Å². The van der Waals surface area contributed by atoms with Crippen LogP contribution in [-0.2, 0) is 4.79 Å². The van der Waals surface area contributed by atoms with Gasteiger partial charge in [0.15, 0.2) is 6.61 Å². The standard InChI is InChI=1S/C28H30FN3O2/c1-19-16-28(2,3)32(4)26-15-25(29)22(14-24(19)26)17-30-31-27(33)18-34-23-12-10-21(11-13-23)20-8-6-5-7-9-20/h5-15,17,19H,16,18H2,1-4H3,(H,31,33)/b30-17+. The van der Waals surface area contributed by atoms with E-state index in [1.165, 1.54) is 6.21 Å². The van der Waals surface area contributed by atoms with Crippen LogP contribution in [-0.4, -0.2) is 31.3 Å². The molecule has 1 aliphatic rings. The average Bonchev–Trinajstić information content (AvgIpc) is 2.83. The van der Waals surface area contributed by atoms with Crippen molar-refractivity contribution < 1.29 is 13.9 Å². The number of anilines is 1. The third-order valence-electron chi connectivity index (χ3n) is 6.48. The van der Waals surface area contributed by atoms with Crippen LogP contribution >= 0.6 is 0 Å². The topological polar surface area (TPSA) is 53.9 Å². The summed E-state index contributed by atoms with van der Waals surface area (Å²) in [5.41, 5.74) is 6.87. The van der Waals surface area contributed by atoms with Crippen LogP contribution in [0.4, 0.5) is 10.1 Å². The molecule has 4 rings (SSSR count). The molecule has 1 aliphatic heterocycles. The highest BCUT2D eigenvalue weighted by molar-refractivity contribution is 5.84. The van der Waals surface area contributed by atoms with E-state index in [2.05, 4.69) is 36.2 Å². The van der Waals surface area contributed by atoms with E-state index in [0.29, 0.717) is 17.2 Å². The van der Waals surface area contributed by atoms with Gasteiger partial charge in [0, 0.05) is 23.8 Å². The lowest BCUT2D eigenvalue weighted by molar-refractivity contribution is -0.123. The molecule has 0 aliphatic carbocycles. The minimum atomic E-state index is -0.420. The molecule has 3 aromatic rings. The van der Waals surface area contributed by atoms with Crippen molar-refractivity contribution in [3.05, 3.63) is 83.7 Å². The minimum absolute atomic E-state index is 0.0374. The van der Waals surface area contributed by atoms with Gasteiger partial charge in [-0.3, -0.25) is 4.79 Å². The van der Waals surface area contributed by atoms with Gasteiger partial charge in [-0.05, 0) is 67.1 Å². The zero-order chi connectivity index (χ0) is 24.3. The molecular formula is C28H30FN3O2. The number of benzene rings is 3. The number of nitrogens with one attached hydrogen (secondary N) is 1. The minimum Gasteiger partial charge on any atom is -0.484 e. The maximum absolute atomic E-state index is 14.7. The largest absolute Gasteiger partial charge is 0.484 e. The Balaban J connectivity index is 1.34. The van der Waals surface area contributed by atoms with E-state index in [-0.39, 0.29) is 18.0 Å². The van der Waals surface area contributed by atoms with Crippen LogP contribution in [0.25, 0.3) is 11.1 Å². The average molecular weight is 460 g/mol. The first-order chi connectivity index (χ1) is 16.2. The predicted octanol–water partition coefficient (Wildman–Crippen LogP) is 5.74. The fourth-order valence-corrected chi connectivity index (χ4v) is 4.43. The number of carbonyl (C=O) groups excluding carboxylic acids is 1. The fourth-order valence-electron chi connectivity index (χ4n) is 4.43. The summed E-state index contributed by atoms with van der Waals surface area (Å²) in [6, 6.07) is 20.9. The van der Waals surface area contributed by atoms with Crippen molar-refractivity contribution in [3.8, 4) is 16.9 Å². The molecule has 0 spiro atoms. The molecular weight excluding hydrogens is 429 g/mol. The van der Waals surface area contributed by atoms with E-state index < -0.39 is 5.91 Å². The van der Waals surface area contributed by atoms with Crippen LogP contribution in [0.5, 0.6) is 5.75 Å². The molecule has 0 aromatic heterocycles. The molecule has 6 heteroatoms. The second-order valence-corrected chi connectivity index (χ2v) is 9.38. The van der Waals surface area contributed by atoms with Crippen LogP contribution in [0.15, 0.2) is 71.8 Å². The highest BCUT2D eigenvalue weighted by Crippen LogP contribution is 2.43. The van der Waals surface area contributed by atoms with E-state index in [1.807, 2.05) is 67.7 Å². The number of ether oxygens (including phenoxy) is 1. The number of amides is 1. The predicted molar refractivity (Wildman–Crippen MR) is 135 cm³/mol. The molecule has 1 atom stereocenters. The number of halogens is 1. The first kappa shape index (κ1) is 23.5. The van der Waals surface area contributed by atoms with Crippen molar-refractivity contribution in [1.82, 2.24) is 5.43 Å². The first-order valence-corrected chi connectivity index (χ1v) is 11.4. The molecule has 0 bridgehead atoms. The summed E-state index contributed by atoms with van der Waals surface area (Å²) in [5, 5.41) is 3.93. The SMILES string of the molecule is CC1CC(C)(C)N(C)c2cc(F)c(/C=N/NC(=O)COc3ccc(-c4ccccc4)cc3)cc21. The van der Waals surface area contributed by atoms with Crippen LogP contribution < -0.4 is 15.1 Å². The van der Waals surface area contributed by atoms with Gasteiger partial charge in [0.1, 0.15) is 11.6 Å². The molecule has 0 saturated heterocycles. The van der Waals surface area contributed by atoms with Crippen molar-refractivity contribution in [1.29, 1.82) is 0 Å². The molecule has 1 unspecified atom stereocenters. The van der Waals surface area contributed by atoms with Gasteiger partial charge in [0.05, 0.1) is 6.21 Å². The Kier molecular flexibility index (Phi) is 6.68. The number of carbonyl (C=O) groups is 1. The number of hydrazone groups is 1. The van der Waals surface area contributed by atoms with Crippen molar-refractivity contribution >= 4 is 17.8 Å². The Morgan fingerprint density at radius 3 is 2.53 bits per heavy atom. The summed E-state index contributed by atoms with van der Waals surface area (Å²) in [6.07, 6.45) is 2.31. The van der Waals surface area contributed by atoms with Gasteiger partial charge >= 0.3 is 0 Å². The monoisotopic (exact) mass is 459 g/mol. The zero-order valence-corrected chi connectivity index (χ0v) is 20.0. The van der Waals surface area contributed by atoms with Crippen molar-refractivity contribution in [2.45, 2.75) is 38.6 Å². The van der Waals surface area contributed by atoms with Gasteiger partial charge in [0.25, 0.3) is 5.91 Å². The molecule has 176 valence electrons. The molecule has 0 radical (unpaired) electrons. The third-order valence-corrected chi connectivity index (χ3v) is 6.48. The van der Waals surface area contributed by atoms with Gasteiger partial charge in [-0.15, -0.1) is 0 Å². The highest BCUT2D eigenvalue weighted by Gasteiger charge is 2.34. The molecule has 3 aromatic carbocycles. The number of hydrogen-bond donors (Lipinski definition) is 1. The summed E-state index contributed by atoms with van der Waals surface area (Å²) in [7, 11) is 1.99. The lowest BCUT2D eigenvalue weighted by Gasteiger charge is -2.45. The first-order valence-electron chi connectivity index (χ1n) is 11.4. The summed E-state index contributed by atoms with van der Waals surface area (Å²) >= 11 is 0. The van der Waals surface area contributed by atoms with Crippen LogP contribution in [0, 0.1) is 5.82 Å². The summed E-state index contributed by atoms with van der Waals surface area (Å²) in [5.74, 6) is 0.0886. The van der Waals surface area contributed by atoms with Crippen molar-refractivity contribution in [2.24, 2.45) is 5.10 Å². The lowest BCUT2D eigenvalue weighted by Crippen LogP contribution is -2.45. The molecule has 0 saturated carbocycles.